The molecule has 3 aromatic heterocycles. The first-order valence-corrected chi connectivity index (χ1v) is 8.07. The fourth-order valence-electron chi connectivity index (χ4n) is 2.85. The van der Waals surface area contributed by atoms with Crippen molar-refractivity contribution in [3.8, 4) is 11.9 Å². The molecule has 4 aromatic rings. The van der Waals surface area contributed by atoms with Crippen LogP contribution in [0.1, 0.15) is 16.7 Å². The number of fused-ring (bicyclic) bond motifs is 1. The van der Waals surface area contributed by atoms with Gasteiger partial charge in [-0.2, -0.15) is 15.0 Å². The van der Waals surface area contributed by atoms with E-state index in [4.69, 9.17) is 4.98 Å². The molecule has 7 nitrogen and oxygen atoms in total. The van der Waals surface area contributed by atoms with Crippen molar-refractivity contribution in [1.29, 1.82) is 5.26 Å². The summed E-state index contributed by atoms with van der Waals surface area (Å²) in [7, 11) is 0. The van der Waals surface area contributed by atoms with E-state index in [1.165, 1.54) is 6.20 Å². The van der Waals surface area contributed by atoms with Gasteiger partial charge in [0.05, 0.1) is 11.7 Å². The molecule has 0 saturated carbocycles. The molecule has 0 spiro atoms. The number of nitrogens with one attached hydrogen (secondary N) is 1. The van der Waals surface area contributed by atoms with Crippen molar-refractivity contribution in [2.75, 3.05) is 5.32 Å². The van der Waals surface area contributed by atoms with Crippen LogP contribution in [-0.2, 0) is 0 Å². The van der Waals surface area contributed by atoms with Gasteiger partial charge in [-0.1, -0.05) is 18.2 Å². The highest BCUT2D eigenvalue weighted by Crippen LogP contribution is 2.26. The second kappa shape index (κ2) is 6.26. The Balaban J connectivity index is 1.89. The Labute approximate surface area is 150 Å². The maximum absolute atomic E-state index is 9.42. The lowest BCUT2D eigenvalue weighted by molar-refractivity contribution is 0.856. The average Bonchev–Trinajstić information content (AvgIpc) is 3.06. The minimum absolute atomic E-state index is 0.388. The monoisotopic (exact) mass is 341 g/mol. The highest BCUT2D eigenvalue weighted by molar-refractivity contribution is 5.85. The van der Waals surface area contributed by atoms with Crippen molar-refractivity contribution >= 4 is 22.7 Å². The zero-order valence-electron chi connectivity index (χ0n) is 14.3. The highest BCUT2D eigenvalue weighted by atomic mass is 15.4. The van der Waals surface area contributed by atoms with E-state index in [2.05, 4.69) is 32.5 Å². The summed E-state index contributed by atoms with van der Waals surface area (Å²) in [6.45, 7) is 4.06. The highest BCUT2D eigenvalue weighted by Gasteiger charge is 2.16. The van der Waals surface area contributed by atoms with Gasteiger partial charge < -0.3 is 5.32 Å². The molecule has 7 heteroatoms. The van der Waals surface area contributed by atoms with Crippen LogP contribution in [0.2, 0.25) is 0 Å². The van der Waals surface area contributed by atoms with Crippen LogP contribution in [0, 0.1) is 25.2 Å². The van der Waals surface area contributed by atoms with Crippen LogP contribution in [0.5, 0.6) is 0 Å². The Kier molecular flexibility index (Phi) is 3.78. The quantitative estimate of drug-likeness (QED) is 0.613. The molecule has 0 fully saturated rings. The van der Waals surface area contributed by atoms with Crippen LogP contribution in [0.4, 0.5) is 11.8 Å². The molecule has 0 unspecified atom stereocenters. The lowest BCUT2D eigenvalue weighted by atomic mass is 10.1. The summed E-state index contributed by atoms with van der Waals surface area (Å²) < 4.78 is 1.60. The van der Waals surface area contributed by atoms with Gasteiger partial charge in [0.2, 0.25) is 5.95 Å². The van der Waals surface area contributed by atoms with Crippen LogP contribution in [0.15, 0.2) is 48.9 Å². The molecule has 0 amide bonds. The van der Waals surface area contributed by atoms with Gasteiger partial charge in [0, 0.05) is 17.8 Å². The third-order valence-corrected chi connectivity index (χ3v) is 4.14. The third kappa shape index (κ3) is 2.63. The zero-order valence-corrected chi connectivity index (χ0v) is 14.3. The number of aryl methyl sites for hydroxylation is 2. The lowest BCUT2D eigenvalue weighted by Gasteiger charge is -2.11. The Morgan fingerprint density at radius 2 is 1.88 bits per heavy atom. The summed E-state index contributed by atoms with van der Waals surface area (Å²) in [5.74, 6) is 1.50. The molecule has 0 aliphatic rings. The van der Waals surface area contributed by atoms with Gasteiger partial charge in [-0.05, 0) is 37.1 Å². The maximum Gasteiger partial charge on any atom is 0.228 e. The number of hydrogen-bond donors (Lipinski definition) is 1. The molecule has 3 heterocycles. The largest absolute Gasteiger partial charge is 0.307 e. The van der Waals surface area contributed by atoms with E-state index < -0.39 is 0 Å². The predicted molar refractivity (Wildman–Crippen MR) is 98.4 cm³/mol. The van der Waals surface area contributed by atoms with Crippen molar-refractivity contribution in [3.05, 3.63) is 65.6 Å². The molecule has 0 atom stereocenters. The molecular weight excluding hydrogens is 326 g/mol. The van der Waals surface area contributed by atoms with Crippen LogP contribution < -0.4 is 5.32 Å². The van der Waals surface area contributed by atoms with Crippen LogP contribution in [-0.4, -0.2) is 24.7 Å². The molecule has 0 aliphatic heterocycles. The molecule has 4 rings (SSSR count). The smallest absolute Gasteiger partial charge is 0.228 e. The normalized spacial score (nSPS) is 10.7. The van der Waals surface area contributed by atoms with Gasteiger partial charge in [-0.25, -0.2) is 15.0 Å². The van der Waals surface area contributed by atoms with E-state index in [0.717, 1.165) is 22.0 Å². The van der Waals surface area contributed by atoms with Crippen LogP contribution >= 0.6 is 0 Å². The second-order valence-electron chi connectivity index (χ2n) is 5.90. The van der Waals surface area contributed by atoms with E-state index in [1.807, 2.05) is 32.0 Å². The number of benzene rings is 1. The summed E-state index contributed by atoms with van der Waals surface area (Å²) in [6.07, 6.45) is 4.76. The summed E-state index contributed by atoms with van der Waals surface area (Å²) in [5.41, 5.74) is 3.48. The summed E-state index contributed by atoms with van der Waals surface area (Å²) in [5, 5.41) is 17.9. The minimum atomic E-state index is 0.388. The first-order valence-electron chi connectivity index (χ1n) is 8.07. The maximum atomic E-state index is 9.42. The number of rotatable bonds is 3. The van der Waals surface area contributed by atoms with E-state index in [9.17, 15) is 5.26 Å². The third-order valence-electron chi connectivity index (χ3n) is 4.14. The van der Waals surface area contributed by atoms with Gasteiger partial charge >= 0.3 is 0 Å². The molecule has 1 N–H and O–H groups in total. The van der Waals surface area contributed by atoms with Crippen LogP contribution in [0.3, 0.4) is 0 Å². The van der Waals surface area contributed by atoms with Gasteiger partial charge in [0.1, 0.15) is 11.6 Å². The van der Waals surface area contributed by atoms with Gasteiger partial charge in [-0.15, -0.1) is 0 Å². The number of anilines is 2. The fourth-order valence-corrected chi connectivity index (χ4v) is 2.85. The van der Waals surface area contributed by atoms with Crippen molar-refractivity contribution in [2.24, 2.45) is 0 Å². The number of hydrogen-bond acceptors (Lipinski definition) is 6. The average molecular weight is 341 g/mol. The number of nitriles is 1. The summed E-state index contributed by atoms with van der Waals surface area (Å²) >= 11 is 0. The van der Waals surface area contributed by atoms with Crippen molar-refractivity contribution in [1.82, 2.24) is 24.7 Å². The van der Waals surface area contributed by atoms with Crippen molar-refractivity contribution in [3.63, 3.8) is 0 Å². The standard InChI is InChI=1S/C19H15N7/c1-12-5-3-6-15-13(2)9-16(24-17(12)15)26-18(14(10-20)11-23-26)25-19-21-7-4-8-22-19/h3-9,11H,1-2H3,(H,21,22,25). The van der Waals surface area contributed by atoms with Gasteiger partial charge in [0.15, 0.2) is 11.6 Å². The van der Waals surface area contributed by atoms with Gasteiger partial charge in [-0.3, -0.25) is 0 Å². The summed E-state index contributed by atoms with van der Waals surface area (Å²) in [4.78, 5) is 13.1. The second-order valence-corrected chi connectivity index (χ2v) is 5.90. The lowest BCUT2D eigenvalue weighted by Crippen LogP contribution is -2.07. The van der Waals surface area contributed by atoms with E-state index >= 15 is 0 Å². The van der Waals surface area contributed by atoms with Crippen LogP contribution in [0.25, 0.3) is 16.7 Å². The Morgan fingerprint density at radius 3 is 2.65 bits per heavy atom. The topological polar surface area (TPSA) is 92.3 Å². The van der Waals surface area contributed by atoms with Crippen molar-refractivity contribution in [2.45, 2.75) is 13.8 Å². The van der Waals surface area contributed by atoms with E-state index in [-0.39, 0.29) is 0 Å². The molecule has 1 aromatic carbocycles. The molecule has 0 aliphatic carbocycles. The molecule has 126 valence electrons. The number of para-hydroxylation sites is 1. The van der Waals surface area contributed by atoms with Crippen molar-refractivity contribution < 1.29 is 0 Å². The minimum Gasteiger partial charge on any atom is -0.307 e. The summed E-state index contributed by atoms with van der Waals surface area (Å²) in [6, 6.07) is 11.9. The molecule has 26 heavy (non-hydrogen) atoms. The first-order chi connectivity index (χ1) is 12.7. The molecule has 0 radical (unpaired) electrons. The van der Waals surface area contributed by atoms with E-state index in [1.54, 1.807) is 23.1 Å². The molecule has 0 bridgehead atoms. The fraction of sp³-hybridized carbons (Fsp3) is 0.105. The van der Waals surface area contributed by atoms with Gasteiger partial charge in [0.25, 0.3) is 0 Å². The first kappa shape index (κ1) is 15.7. The molecular formula is C19H15N7. The Morgan fingerprint density at radius 1 is 1.08 bits per heavy atom. The Bertz CT molecular complexity index is 1140. The number of aromatic nitrogens is 5. The van der Waals surface area contributed by atoms with E-state index in [0.29, 0.717) is 23.1 Å². The predicted octanol–water partition coefficient (Wildman–Crippen LogP) is 3.44. The SMILES string of the molecule is Cc1cc(-n2ncc(C#N)c2Nc2ncccn2)nc2c(C)cccc12. The number of nitrogens with zero attached hydrogens (tertiary/aromatic N) is 6. The molecule has 0 saturated heterocycles. The Hall–Kier alpha value is -3.79. The zero-order chi connectivity index (χ0) is 18.1. The number of pyridine rings is 1.